The van der Waals surface area contributed by atoms with Crippen LogP contribution in [0.5, 0.6) is 11.5 Å². The van der Waals surface area contributed by atoms with Crippen molar-refractivity contribution in [3.63, 3.8) is 0 Å². The molecule has 7 heteroatoms. The molecular weight excluding hydrogens is 321 g/mol. The minimum Gasteiger partial charge on any atom is -0.496 e. The Kier molecular flexibility index (Phi) is 6.05. The van der Waals surface area contributed by atoms with E-state index in [0.717, 1.165) is 6.07 Å². The molecule has 24 heavy (non-hydrogen) atoms. The molecule has 1 unspecified atom stereocenters. The Morgan fingerprint density at radius 2 is 1.88 bits per heavy atom. The van der Waals surface area contributed by atoms with Crippen molar-refractivity contribution in [1.29, 1.82) is 0 Å². The molecule has 0 heterocycles. The highest BCUT2D eigenvalue weighted by atomic mass is 19.2. The smallest absolute Gasteiger partial charge is 0.165 e. The predicted octanol–water partition coefficient (Wildman–Crippen LogP) is 3.26. The zero-order valence-electron chi connectivity index (χ0n) is 13.4. The maximum Gasteiger partial charge on any atom is 0.165 e. The predicted molar refractivity (Wildman–Crippen MR) is 84.2 cm³/mol. The van der Waals surface area contributed by atoms with Gasteiger partial charge in [0.1, 0.15) is 17.3 Å². The summed E-state index contributed by atoms with van der Waals surface area (Å²) < 4.78 is 51.7. The molecule has 0 saturated carbocycles. The van der Waals surface area contributed by atoms with Crippen LogP contribution in [0, 0.1) is 17.5 Å². The molecule has 1 atom stereocenters. The van der Waals surface area contributed by atoms with Gasteiger partial charge in [-0.1, -0.05) is 6.07 Å². The molecule has 2 aromatic carbocycles. The van der Waals surface area contributed by atoms with Gasteiger partial charge in [0.15, 0.2) is 11.6 Å². The fourth-order valence-corrected chi connectivity index (χ4v) is 2.49. The zero-order valence-corrected chi connectivity index (χ0v) is 13.4. The monoisotopic (exact) mass is 340 g/mol. The average molecular weight is 340 g/mol. The number of ether oxygens (including phenoxy) is 2. The first-order valence-corrected chi connectivity index (χ1v) is 7.41. The van der Waals surface area contributed by atoms with Gasteiger partial charge in [-0.15, -0.1) is 0 Å². The minimum atomic E-state index is -0.998. The third-order valence-electron chi connectivity index (χ3n) is 3.63. The van der Waals surface area contributed by atoms with Gasteiger partial charge in [-0.3, -0.25) is 11.3 Å². The number of methoxy groups -OCH3 is 1. The van der Waals surface area contributed by atoms with E-state index in [1.54, 1.807) is 6.92 Å². The third-order valence-corrected chi connectivity index (χ3v) is 3.63. The molecule has 4 nitrogen and oxygen atoms in total. The van der Waals surface area contributed by atoms with Crippen molar-refractivity contribution in [1.82, 2.24) is 5.43 Å². The number of benzene rings is 2. The molecule has 0 bridgehead atoms. The number of nitrogens with two attached hydrogens (primary N) is 1. The molecule has 3 N–H and O–H groups in total. The van der Waals surface area contributed by atoms with Gasteiger partial charge in [0.05, 0.1) is 19.8 Å². The molecule has 0 aliphatic rings. The average Bonchev–Trinajstić information content (AvgIpc) is 2.58. The molecule has 2 rings (SSSR count). The molecular formula is C17H19F3N2O2. The van der Waals surface area contributed by atoms with Crippen LogP contribution in [-0.4, -0.2) is 13.7 Å². The second kappa shape index (κ2) is 8.03. The highest BCUT2D eigenvalue weighted by molar-refractivity contribution is 5.41. The standard InChI is InChI=1S/C17H19F3N2O2/c1-3-24-15-7-6-13(19)17(20)12(15)9-14(22-21)11-5-4-10(18)8-16(11)23-2/h4-8,14,22H,3,9,21H2,1-2H3. The van der Waals surface area contributed by atoms with Crippen LogP contribution in [0.4, 0.5) is 13.2 Å². The van der Waals surface area contributed by atoms with Crippen LogP contribution >= 0.6 is 0 Å². The topological polar surface area (TPSA) is 56.5 Å². The van der Waals surface area contributed by atoms with Gasteiger partial charge in [0, 0.05) is 17.2 Å². The van der Waals surface area contributed by atoms with Crippen molar-refractivity contribution in [2.45, 2.75) is 19.4 Å². The van der Waals surface area contributed by atoms with Gasteiger partial charge in [0.2, 0.25) is 0 Å². The van der Waals surface area contributed by atoms with E-state index < -0.39 is 23.5 Å². The second-order valence-corrected chi connectivity index (χ2v) is 5.08. The van der Waals surface area contributed by atoms with Crippen LogP contribution in [-0.2, 0) is 6.42 Å². The van der Waals surface area contributed by atoms with Crippen molar-refractivity contribution in [3.8, 4) is 11.5 Å². The van der Waals surface area contributed by atoms with Crippen molar-refractivity contribution in [3.05, 3.63) is 58.9 Å². The van der Waals surface area contributed by atoms with Gasteiger partial charge in [-0.2, -0.15) is 0 Å². The van der Waals surface area contributed by atoms with E-state index in [1.165, 1.54) is 31.4 Å². The first-order chi connectivity index (χ1) is 11.5. The first-order valence-electron chi connectivity index (χ1n) is 7.41. The minimum absolute atomic E-state index is 0.00256. The zero-order chi connectivity index (χ0) is 17.7. The fourth-order valence-electron chi connectivity index (χ4n) is 2.49. The number of hydrazine groups is 1. The normalized spacial score (nSPS) is 12.1. The van der Waals surface area contributed by atoms with Crippen LogP contribution in [0.1, 0.15) is 24.1 Å². The van der Waals surface area contributed by atoms with Gasteiger partial charge >= 0.3 is 0 Å². The summed E-state index contributed by atoms with van der Waals surface area (Å²) in [6, 6.07) is 5.67. The lowest BCUT2D eigenvalue weighted by Crippen LogP contribution is -2.30. The second-order valence-electron chi connectivity index (χ2n) is 5.08. The molecule has 0 aromatic heterocycles. The van der Waals surface area contributed by atoms with E-state index in [4.69, 9.17) is 15.3 Å². The summed E-state index contributed by atoms with van der Waals surface area (Å²) in [6.07, 6.45) is -0.00256. The van der Waals surface area contributed by atoms with Gasteiger partial charge in [-0.25, -0.2) is 13.2 Å². The van der Waals surface area contributed by atoms with Crippen LogP contribution in [0.25, 0.3) is 0 Å². The summed E-state index contributed by atoms with van der Waals surface area (Å²) in [4.78, 5) is 0. The van der Waals surface area contributed by atoms with Crippen LogP contribution in [0.2, 0.25) is 0 Å². The van der Waals surface area contributed by atoms with E-state index in [2.05, 4.69) is 5.43 Å². The van der Waals surface area contributed by atoms with E-state index in [-0.39, 0.29) is 23.5 Å². The maximum absolute atomic E-state index is 14.2. The largest absolute Gasteiger partial charge is 0.496 e. The molecule has 0 saturated heterocycles. The Balaban J connectivity index is 2.43. The van der Waals surface area contributed by atoms with E-state index in [0.29, 0.717) is 12.2 Å². The van der Waals surface area contributed by atoms with Gasteiger partial charge in [0.25, 0.3) is 0 Å². The molecule has 0 radical (unpaired) electrons. The highest BCUT2D eigenvalue weighted by Crippen LogP contribution is 2.32. The van der Waals surface area contributed by atoms with E-state index in [1.807, 2.05) is 0 Å². The number of rotatable bonds is 7. The summed E-state index contributed by atoms with van der Waals surface area (Å²) in [5.41, 5.74) is 3.10. The number of hydrogen-bond acceptors (Lipinski definition) is 4. The summed E-state index contributed by atoms with van der Waals surface area (Å²) >= 11 is 0. The number of halogens is 3. The molecule has 2 aromatic rings. The SMILES string of the molecule is CCOc1ccc(F)c(F)c1CC(NN)c1ccc(F)cc1OC. The molecule has 0 fully saturated rings. The van der Waals surface area contributed by atoms with Crippen LogP contribution in [0.15, 0.2) is 30.3 Å². The Labute approximate surface area is 138 Å². The summed E-state index contributed by atoms with van der Waals surface area (Å²) in [5, 5.41) is 0. The molecule has 0 aliphatic carbocycles. The summed E-state index contributed by atoms with van der Waals surface area (Å²) in [5.74, 6) is 3.61. The maximum atomic E-state index is 14.2. The van der Waals surface area contributed by atoms with Gasteiger partial charge in [-0.05, 0) is 31.5 Å². The van der Waals surface area contributed by atoms with Crippen molar-refractivity contribution < 1.29 is 22.6 Å². The Hall–Kier alpha value is -2.25. The Morgan fingerprint density at radius 1 is 1.12 bits per heavy atom. The molecule has 0 aliphatic heterocycles. The van der Waals surface area contributed by atoms with Crippen LogP contribution < -0.4 is 20.7 Å². The highest BCUT2D eigenvalue weighted by Gasteiger charge is 2.22. The fraction of sp³-hybridized carbons (Fsp3) is 0.294. The number of nitrogens with one attached hydrogen (secondary N) is 1. The molecule has 0 amide bonds. The molecule has 130 valence electrons. The Bertz CT molecular complexity index is 710. The first kappa shape index (κ1) is 18.1. The molecule has 0 spiro atoms. The quantitative estimate of drug-likeness (QED) is 0.600. The third kappa shape index (κ3) is 3.80. The lowest BCUT2D eigenvalue weighted by atomic mass is 9.97. The lowest BCUT2D eigenvalue weighted by molar-refractivity contribution is 0.328. The van der Waals surface area contributed by atoms with E-state index >= 15 is 0 Å². The summed E-state index contributed by atoms with van der Waals surface area (Å²) in [7, 11) is 1.39. The van der Waals surface area contributed by atoms with Gasteiger partial charge < -0.3 is 9.47 Å². The van der Waals surface area contributed by atoms with Crippen molar-refractivity contribution in [2.24, 2.45) is 5.84 Å². The Morgan fingerprint density at radius 3 is 2.50 bits per heavy atom. The lowest BCUT2D eigenvalue weighted by Gasteiger charge is -2.21. The van der Waals surface area contributed by atoms with Crippen molar-refractivity contribution in [2.75, 3.05) is 13.7 Å². The van der Waals surface area contributed by atoms with Crippen molar-refractivity contribution >= 4 is 0 Å². The van der Waals surface area contributed by atoms with E-state index in [9.17, 15) is 13.2 Å². The number of hydrogen-bond donors (Lipinski definition) is 2. The summed E-state index contributed by atoms with van der Waals surface area (Å²) in [6.45, 7) is 2.05. The van der Waals surface area contributed by atoms with Crippen LogP contribution in [0.3, 0.4) is 0 Å².